The maximum absolute atomic E-state index is 13.9. The van der Waals surface area contributed by atoms with Crippen LogP contribution in [0.1, 0.15) is 49.9 Å². The van der Waals surface area contributed by atoms with Crippen molar-refractivity contribution < 1.29 is 17.6 Å². The highest BCUT2D eigenvalue weighted by atomic mass is 32.2. The number of amidine groups is 1. The van der Waals surface area contributed by atoms with Crippen LogP contribution in [0.15, 0.2) is 65.8 Å². The lowest BCUT2D eigenvalue weighted by atomic mass is 9.99. The van der Waals surface area contributed by atoms with Crippen LogP contribution in [0.2, 0.25) is 0 Å². The van der Waals surface area contributed by atoms with Gasteiger partial charge in [0.25, 0.3) is 0 Å². The molecular formula is C27H24FN5O3S2. The lowest BCUT2D eigenvalue weighted by Crippen LogP contribution is -2.55. The van der Waals surface area contributed by atoms with E-state index in [-0.39, 0.29) is 5.84 Å². The molecule has 8 nitrogen and oxygen atoms in total. The second kappa shape index (κ2) is 7.97. The molecule has 1 aliphatic carbocycles. The predicted molar refractivity (Wildman–Crippen MR) is 144 cm³/mol. The summed E-state index contributed by atoms with van der Waals surface area (Å²) < 4.78 is 49.3. The summed E-state index contributed by atoms with van der Waals surface area (Å²) in [5.74, 6) is -0.132. The number of hydrogen-bond donors (Lipinski definition) is 0. The van der Waals surface area contributed by atoms with Gasteiger partial charge in [-0.2, -0.15) is 4.37 Å². The molecule has 3 aliphatic rings. The summed E-state index contributed by atoms with van der Waals surface area (Å²) >= 11 is 1.41. The minimum Gasteiger partial charge on any atom is -0.359 e. The van der Waals surface area contributed by atoms with Gasteiger partial charge in [-0.3, -0.25) is 0 Å². The second-order valence-electron chi connectivity index (χ2n) is 10.2. The van der Waals surface area contributed by atoms with Gasteiger partial charge in [0.05, 0.1) is 27.2 Å². The first-order valence-corrected chi connectivity index (χ1v) is 14.7. The normalized spacial score (nSPS) is 24.0. The van der Waals surface area contributed by atoms with Gasteiger partial charge >= 0.3 is 0 Å². The molecule has 0 N–H and O–H groups in total. The quantitative estimate of drug-likeness (QED) is 0.342. The van der Waals surface area contributed by atoms with E-state index in [0.29, 0.717) is 24.8 Å². The standard InChI is InChI=1S/C27H24FN5O3S2/c1-3-21-15-32(16-29-21)23-9-4-17(22-14-30-37-24(22)23)12-18-13-27(10-11-27)38(34,35)33-25(18)31-36-26(33,2)19-5-7-20(28)8-6-19/h4-9,12,14-16H,3,10-11,13H2,1-2H3. The molecule has 2 aromatic carbocycles. The highest BCUT2D eigenvalue weighted by molar-refractivity contribution is 7.91. The van der Waals surface area contributed by atoms with Gasteiger partial charge in [-0.15, -0.1) is 0 Å². The van der Waals surface area contributed by atoms with Crippen LogP contribution in [0, 0.1) is 5.82 Å². The van der Waals surface area contributed by atoms with Crippen molar-refractivity contribution in [3.8, 4) is 5.69 Å². The Morgan fingerprint density at radius 2 is 1.97 bits per heavy atom. The van der Waals surface area contributed by atoms with Crippen LogP contribution in [-0.4, -0.2) is 37.2 Å². The molecule has 4 aromatic rings. The molecule has 1 saturated carbocycles. The lowest BCUT2D eigenvalue weighted by Gasteiger charge is -2.40. The first-order valence-electron chi connectivity index (χ1n) is 12.4. The van der Waals surface area contributed by atoms with E-state index in [9.17, 15) is 12.8 Å². The van der Waals surface area contributed by atoms with E-state index < -0.39 is 26.3 Å². The molecule has 194 valence electrons. The van der Waals surface area contributed by atoms with Gasteiger partial charge in [0.15, 0.2) is 5.84 Å². The fourth-order valence-corrected chi connectivity index (χ4v) is 8.55. The fourth-order valence-electron chi connectivity index (χ4n) is 5.43. The molecule has 2 aromatic heterocycles. The van der Waals surface area contributed by atoms with E-state index in [2.05, 4.69) is 21.4 Å². The Morgan fingerprint density at radius 1 is 1.18 bits per heavy atom. The van der Waals surface area contributed by atoms with Gasteiger partial charge < -0.3 is 9.40 Å². The van der Waals surface area contributed by atoms with Crippen molar-refractivity contribution in [1.82, 2.24) is 18.2 Å². The maximum atomic E-state index is 13.9. The van der Waals surface area contributed by atoms with Gasteiger partial charge in [-0.05, 0) is 67.1 Å². The first-order chi connectivity index (χ1) is 18.3. The summed E-state index contributed by atoms with van der Waals surface area (Å²) in [6, 6.07) is 9.74. The number of oxime groups is 1. The van der Waals surface area contributed by atoms with Gasteiger partial charge in [-0.1, -0.05) is 30.3 Å². The van der Waals surface area contributed by atoms with Crippen molar-refractivity contribution in [2.45, 2.75) is 50.0 Å². The van der Waals surface area contributed by atoms with Crippen molar-refractivity contribution in [2.24, 2.45) is 5.16 Å². The molecule has 11 heteroatoms. The number of rotatable bonds is 4. The Labute approximate surface area is 223 Å². The summed E-state index contributed by atoms with van der Waals surface area (Å²) in [5.41, 5.74) is 2.83. The smallest absolute Gasteiger partial charge is 0.247 e. The van der Waals surface area contributed by atoms with Crippen molar-refractivity contribution in [3.05, 3.63) is 83.3 Å². The summed E-state index contributed by atoms with van der Waals surface area (Å²) in [6.45, 7) is 3.74. The molecule has 2 aliphatic heterocycles. The summed E-state index contributed by atoms with van der Waals surface area (Å²) in [7, 11) is -3.77. The van der Waals surface area contributed by atoms with Gasteiger partial charge in [-0.25, -0.2) is 22.1 Å². The van der Waals surface area contributed by atoms with Crippen molar-refractivity contribution in [1.29, 1.82) is 0 Å². The zero-order valence-corrected chi connectivity index (χ0v) is 22.4. The van der Waals surface area contributed by atoms with Crippen LogP contribution in [0.5, 0.6) is 0 Å². The van der Waals surface area contributed by atoms with Crippen LogP contribution in [0.25, 0.3) is 21.8 Å². The molecule has 4 heterocycles. The third-order valence-corrected chi connectivity index (χ3v) is 11.3. The third-order valence-electron chi connectivity index (χ3n) is 7.81. The average molecular weight is 550 g/mol. The molecule has 1 spiro atoms. The highest BCUT2D eigenvalue weighted by Crippen LogP contribution is 2.57. The van der Waals surface area contributed by atoms with Crippen molar-refractivity contribution in [2.75, 3.05) is 0 Å². The average Bonchev–Trinajstić information content (AvgIpc) is 3.26. The van der Waals surface area contributed by atoms with Crippen LogP contribution in [0.4, 0.5) is 4.39 Å². The van der Waals surface area contributed by atoms with Crippen molar-refractivity contribution in [3.63, 3.8) is 0 Å². The molecule has 1 unspecified atom stereocenters. The Kier molecular flexibility index (Phi) is 4.94. The zero-order valence-electron chi connectivity index (χ0n) is 20.8. The highest BCUT2D eigenvalue weighted by Gasteiger charge is 2.67. The zero-order chi connectivity index (χ0) is 26.3. The lowest BCUT2D eigenvalue weighted by molar-refractivity contribution is -0.0612. The Hall–Kier alpha value is -3.57. The summed E-state index contributed by atoms with van der Waals surface area (Å²) in [6.07, 6.45) is 10.0. The van der Waals surface area contributed by atoms with E-state index in [1.54, 1.807) is 19.1 Å². The molecule has 1 saturated heterocycles. The Bertz CT molecular complexity index is 1770. The Balaban J connectivity index is 1.34. The number of nitrogens with zero attached hydrogens (tertiary/aromatic N) is 5. The molecule has 0 amide bonds. The Morgan fingerprint density at radius 3 is 2.68 bits per heavy atom. The fraction of sp³-hybridized carbons (Fsp3) is 0.296. The number of fused-ring (bicyclic) bond motifs is 2. The molecular weight excluding hydrogens is 525 g/mol. The molecule has 1 atom stereocenters. The largest absolute Gasteiger partial charge is 0.359 e. The predicted octanol–water partition coefficient (Wildman–Crippen LogP) is 5.35. The first kappa shape index (κ1) is 23.5. The van der Waals surface area contributed by atoms with E-state index >= 15 is 0 Å². The molecule has 2 fully saturated rings. The monoisotopic (exact) mass is 549 g/mol. The van der Waals surface area contributed by atoms with Crippen LogP contribution in [0.3, 0.4) is 0 Å². The van der Waals surface area contributed by atoms with Crippen LogP contribution >= 0.6 is 11.5 Å². The number of hydrogen-bond acceptors (Lipinski definition) is 7. The molecule has 0 radical (unpaired) electrons. The number of aryl methyl sites for hydroxylation is 1. The van der Waals surface area contributed by atoms with Gasteiger partial charge in [0.2, 0.25) is 15.7 Å². The SMILES string of the molecule is CCc1cn(-c2ccc(C=C3CC4(CC4)S(=O)(=O)N4C3=NOC4(C)c3ccc(F)cc3)c3cnsc23)cn1. The van der Waals surface area contributed by atoms with Gasteiger partial charge in [0, 0.05) is 35.8 Å². The number of sulfonamides is 1. The number of benzene rings is 2. The second-order valence-corrected chi connectivity index (χ2v) is 13.1. The number of halogens is 1. The van der Waals surface area contributed by atoms with Crippen molar-refractivity contribution >= 4 is 43.6 Å². The summed E-state index contributed by atoms with van der Waals surface area (Å²) in [5, 5.41) is 5.27. The topological polar surface area (TPSA) is 89.7 Å². The van der Waals surface area contributed by atoms with Gasteiger partial charge in [0.1, 0.15) is 5.82 Å². The number of imidazole rings is 1. The minimum absolute atomic E-state index is 0.275. The van der Waals surface area contributed by atoms with E-state index in [0.717, 1.165) is 39.0 Å². The summed E-state index contributed by atoms with van der Waals surface area (Å²) in [4.78, 5) is 10.3. The number of aromatic nitrogens is 3. The molecule has 0 bridgehead atoms. The third kappa shape index (κ3) is 3.24. The minimum atomic E-state index is -3.77. The molecule has 7 rings (SSSR count). The van der Waals surface area contributed by atoms with Crippen LogP contribution < -0.4 is 0 Å². The van der Waals surface area contributed by atoms with E-state index in [1.807, 2.05) is 41.5 Å². The van der Waals surface area contributed by atoms with E-state index in [4.69, 9.17) is 4.84 Å². The van der Waals surface area contributed by atoms with Crippen LogP contribution in [-0.2, 0) is 27.0 Å². The maximum Gasteiger partial charge on any atom is 0.247 e. The van der Waals surface area contributed by atoms with E-state index in [1.165, 1.54) is 28.0 Å². The molecule has 38 heavy (non-hydrogen) atoms.